The Hall–Kier alpha value is -3.35. The van der Waals surface area contributed by atoms with Crippen LogP contribution in [-0.4, -0.2) is 42.3 Å². The Balaban J connectivity index is 1.24. The maximum atomic E-state index is 12.5. The Kier molecular flexibility index (Phi) is 6.82. The first-order chi connectivity index (χ1) is 15.2. The van der Waals surface area contributed by atoms with E-state index in [9.17, 15) is 4.79 Å². The van der Waals surface area contributed by atoms with Crippen molar-refractivity contribution in [2.45, 2.75) is 38.1 Å². The number of para-hydroxylation sites is 2. The van der Waals surface area contributed by atoms with E-state index in [1.165, 1.54) is 0 Å². The number of carbonyl (C=O) groups is 1. The van der Waals surface area contributed by atoms with E-state index in [0.717, 1.165) is 42.9 Å². The zero-order valence-corrected chi connectivity index (χ0v) is 17.8. The van der Waals surface area contributed by atoms with Gasteiger partial charge in [0.15, 0.2) is 0 Å². The van der Waals surface area contributed by atoms with Gasteiger partial charge in [-0.05, 0) is 43.5 Å². The smallest absolute Gasteiger partial charge is 0.247 e. The zero-order valence-electron chi connectivity index (χ0n) is 17.8. The minimum atomic E-state index is 0.0645. The normalized spacial score (nSPS) is 16.2. The summed E-state index contributed by atoms with van der Waals surface area (Å²) in [7, 11) is 1.69. The van der Waals surface area contributed by atoms with Crippen molar-refractivity contribution < 1.29 is 13.9 Å². The van der Waals surface area contributed by atoms with E-state index in [0.29, 0.717) is 31.0 Å². The highest BCUT2D eigenvalue weighted by atomic mass is 16.5. The Bertz CT molecular complexity index is 989. The Morgan fingerprint density at radius 1 is 1.16 bits per heavy atom. The van der Waals surface area contributed by atoms with Crippen LogP contribution in [0.25, 0.3) is 11.5 Å². The number of nitrogens with one attached hydrogen (secondary N) is 1. The summed E-state index contributed by atoms with van der Waals surface area (Å²) in [6.45, 7) is 1.75. The van der Waals surface area contributed by atoms with Crippen molar-refractivity contribution in [1.82, 2.24) is 15.5 Å². The summed E-state index contributed by atoms with van der Waals surface area (Å²) in [4.78, 5) is 14.8. The van der Waals surface area contributed by atoms with Crippen molar-refractivity contribution in [3.05, 3.63) is 60.5 Å². The van der Waals surface area contributed by atoms with Gasteiger partial charge < -0.3 is 19.4 Å². The number of anilines is 1. The van der Waals surface area contributed by atoms with Crippen LogP contribution in [0.15, 0.2) is 59.0 Å². The van der Waals surface area contributed by atoms with E-state index in [2.05, 4.69) is 26.5 Å². The average Bonchev–Trinajstić information content (AvgIpc) is 3.29. The summed E-state index contributed by atoms with van der Waals surface area (Å²) in [6.07, 6.45) is 3.72. The van der Waals surface area contributed by atoms with Crippen LogP contribution in [0.4, 0.5) is 5.69 Å². The van der Waals surface area contributed by atoms with Crippen LogP contribution < -0.4 is 15.0 Å². The maximum absolute atomic E-state index is 12.5. The van der Waals surface area contributed by atoms with Crippen LogP contribution in [0, 0.1) is 0 Å². The van der Waals surface area contributed by atoms with Crippen molar-refractivity contribution >= 4 is 11.6 Å². The molecule has 162 valence electrons. The molecule has 0 saturated carbocycles. The highest BCUT2D eigenvalue weighted by Crippen LogP contribution is 2.30. The van der Waals surface area contributed by atoms with E-state index in [1.807, 2.05) is 48.5 Å². The second-order valence-electron chi connectivity index (χ2n) is 7.75. The summed E-state index contributed by atoms with van der Waals surface area (Å²) >= 11 is 0. The molecule has 1 N–H and O–H groups in total. The van der Waals surface area contributed by atoms with Crippen LogP contribution in [0.5, 0.6) is 5.75 Å². The van der Waals surface area contributed by atoms with Crippen molar-refractivity contribution in [3.63, 3.8) is 0 Å². The number of hydrogen-bond donors (Lipinski definition) is 1. The van der Waals surface area contributed by atoms with Crippen LogP contribution in [0.3, 0.4) is 0 Å². The Morgan fingerprint density at radius 3 is 2.81 bits per heavy atom. The number of ether oxygens (including phenoxy) is 1. The summed E-state index contributed by atoms with van der Waals surface area (Å²) < 4.78 is 11.2. The SMILES string of the molecule is COc1ccccc1N1CCCC(NC(=O)CCCc2nnc(-c3ccccc3)o2)C1. The number of aromatic nitrogens is 2. The van der Waals surface area contributed by atoms with E-state index in [1.54, 1.807) is 7.11 Å². The van der Waals surface area contributed by atoms with Crippen molar-refractivity contribution in [1.29, 1.82) is 0 Å². The molecule has 31 heavy (non-hydrogen) atoms. The second kappa shape index (κ2) is 10.1. The van der Waals surface area contributed by atoms with Gasteiger partial charge in [-0.3, -0.25) is 4.79 Å². The van der Waals surface area contributed by atoms with Gasteiger partial charge in [0.1, 0.15) is 5.75 Å². The van der Waals surface area contributed by atoms with Gasteiger partial charge in [-0.15, -0.1) is 10.2 Å². The first-order valence-corrected chi connectivity index (χ1v) is 10.8. The molecule has 0 bridgehead atoms. The molecule has 1 atom stereocenters. The molecule has 1 saturated heterocycles. The largest absolute Gasteiger partial charge is 0.495 e. The van der Waals surface area contributed by atoms with E-state index >= 15 is 0 Å². The lowest BCUT2D eigenvalue weighted by Crippen LogP contribution is -2.47. The molecule has 2 aromatic carbocycles. The fourth-order valence-corrected chi connectivity index (χ4v) is 3.96. The van der Waals surface area contributed by atoms with Gasteiger partial charge in [0.2, 0.25) is 17.7 Å². The molecule has 7 heteroatoms. The lowest BCUT2D eigenvalue weighted by Gasteiger charge is -2.35. The number of carbonyl (C=O) groups excluding carboxylic acids is 1. The molecule has 1 amide bonds. The first-order valence-electron chi connectivity index (χ1n) is 10.8. The van der Waals surface area contributed by atoms with Gasteiger partial charge >= 0.3 is 0 Å². The summed E-state index contributed by atoms with van der Waals surface area (Å²) in [5.41, 5.74) is 1.98. The molecule has 0 aliphatic carbocycles. The molecule has 0 spiro atoms. The van der Waals surface area contributed by atoms with Crippen LogP contribution >= 0.6 is 0 Å². The zero-order chi connectivity index (χ0) is 21.5. The highest BCUT2D eigenvalue weighted by Gasteiger charge is 2.23. The molecule has 4 rings (SSSR count). The van der Waals surface area contributed by atoms with Gasteiger partial charge in [-0.2, -0.15) is 0 Å². The predicted molar refractivity (Wildman–Crippen MR) is 119 cm³/mol. The molecular formula is C24H28N4O3. The minimum Gasteiger partial charge on any atom is -0.495 e. The molecule has 0 radical (unpaired) electrons. The van der Waals surface area contributed by atoms with Gasteiger partial charge in [0.05, 0.1) is 12.8 Å². The lowest BCUT2D eigenvalue weighted by molar-refractivity contribution is -0.121. The molecule has 1 aromatic heterocycles. The molecule has 1 fully saturated rings. The average molecular weight is 421 g/mol. The number of aryl methyl sites for hydroxylation is 1. The number of piperidine rings is 1. The number of nitrogens with zero attached hydrogens (tertiary/aromatic N) is 3. The third kappa shape index (κ3) is 5.42. The molecule has 7 nitrogen and oxygen atoms in total. The second-order valence-corrected chi connectivity index (χ2v) is 7.75. The Labute approximate surface area is 182 Å². The van der Waals surface area contributed by atoms with Gasteiger partial charge in [-0.25, -0.2) is 0 Å². The van der Waals surface area contributed by atoms with Gasteiger partial charge in [-0.1, -0.05) is 30.3 Å². The molecule has 1 aliphatic heterocycles. The minimum absolute atomic E-state index is 0.0645. The number of rotatable bonds is 8. The molecular weight excluding hydrogens is 392 g/mol. The van der Waals surface area contributed by atoms with E-state index in [-0.39, 0.29) is 11.9 Å². The molecule has 3 aromatic rings. The fourth-order valence-electron chi connectivity index (χ4n) is 3.96. The van der Waals surface area contributed by atoms with Crippen molar-refractivity contribution in [2.75, 3.05) is 25.1 Å². The number of methoxy groups -OCH3 is 1. The molecule has 1 unspecified atom stereocenters. The molecule has 2 heterocycles. The summed E-state index contributed by atoms with van der Waals surface area (Å²) in [5, 5.41) is 11.4. The standard InChI is InChI=1S/C24H28N4O3/c1-30-21-13-6-5-12-20(21)28-16-8-11-19(17-28)25-22(29)14-7-15-23-26-27-24(31-23)18-9-3-2-4-10-18/h2-6,9-10,12-13,19H,7-8,11,14-17H2,1H3,(H,25,29). The quantitative estimate of drug-likeness (QED) is 0.596. The number of amides is 1. The number of hydrogen-bond acceptors (Lipinski definition) is 6. The van der Waals surface area contributed by atoms with Crippen LogP contribution in [-0.2, 0) is 11.2 Å². The maximum Gasteiger partial charge on any atom is 0.247 e. The van der Waals surface area contributed by atoms with E-state index < -0.39 is 0 Å². The monoisotopic (exact) mass is 420 g/mol. The summed E-state index contributed by atoms with van der Waals surface area (Å²) in [6, 6.07) is 17.8. The summed E-state index contributed by atoms with van der Waals surface area (Å²) in [5.74, 6) is 2.00. The van der Waals surface area contributed by atoms with Crippen molar-refractivity contribution in [2.24, 2.45) is 0 Å². The number of benzene rings is 2. The first kappa shape index (κ1) is 20.9. The Morgan fingerprint density at radius 2 is 1.97 bits per heavy atom. The highest BCUT2D eigenvalue weighted by molar-refractivity contribution is 5.76. The van der Waals surface area contributed by atoms with Gasteiger partial charge in [0.25, 0.3) is 0 Å². The van der Waals surface area contributed by atoms with Crippen LogP contribution in [0.1, 0.15) is 31.6 Å². The topological polar surface area (TPSA) is 80.5 Å². The van der Waals surface area contributed by atoms with Crippen LogP contribution in [0.2, 0.25) is 0 Å². The van der Waals surface area contributed by atoms with Crippen molar-refractivity contribution in [3.8, 4) is 17.2 Å². The predicted octanol–water partition coefficient (Wildman–Crippen LogP) is 3.85. The third-order valence-corrected chi connectivity index (χ3v) is 5.49. The van der Waals surface area contributed by atoms with E-state index in [4.69, 9.17) is 9.15 Å². The van der Waals surface area contributed by atoms with Gasteiger partial charge in [0, 0.05) is 37.5 Å². The molecule has 1 aliphatic rings. The third-order valence-electron chi connectivity index (χ3n) is 5.49. The fraction of sp³-hybridized carbons (Fsp3) is 0.375. The lowest BCUT2D eigenvalue weighted by atomic mass is 10.0.